The highest BCUT2D eigenvalue weighted by Gasteiger charge is 2.11. The van der Waals surface area contributed by atoms with E-state index in [4.69, 9.17) is 16.3 Å². The molecule has 0 aromatic heterocycles. The molecule has 0 atom stereocenters. The SMILES string of the molecule is COC(=O)c1ccc(Sc2ccc(OC)cc2)cc1Cl. The van der Waals surface area contributed by atoms with E-state index in [0.29, 0.717) is 10.6 Å². The number of rotatable bonds is 4. The molecule has 2 aromatic carbocycles. The van der Waals surface area contributed by atoms with Crippen molar-refractivity contribution in [1.29, 1.82) is 0 Å². The average Bonchev–Trinajstić information content (AvgIpc) is 2.47. The predicted molar refractivity (Wildman–Crippen MR) is 79.9 cm³/mol. The van der Waals surface area contributed by atoms with Gasteiger partial charge in [0.15, 0.2) is 0 Å². The van der Waals surface area contributed by atoms with Gasteiger partial charge >= 0.3 is 5.97 Å². The van der Waals surface area contributed by atoms with E-state index in [-0.39, 0.29) is 0 Å². The molecule has 0 aliphatic rings. The number of hydrogen-bond acceptors (Lipinski definition) is 4. The summed E-state index contributed by atoms with van der Waals surface area (Å²) in [6, 6.07) is 13.0. The lowest BCUT2D eigenvalue weighted by Crippen LogP contribution is -2.01. The fraction of sp³-hybridized carbons (Fsp3) is 0.133. The predicted octanol–water partition coefficient (Wildman–Crippen LogP) is 4.29. The molecule has 104 valence electrons. The summed E-state index contributed by atoms with van der Waals surface area (Å²) < 4.78 is 9.77. The van der Waals surface area contributed by atoms with Crippen molar-refractivity contribution in [2.45, 2.75) is 9.79 Å². The van der Waals surface area contributed by atoms with Gasteiger partial charge in [0.25, 0.3) is 0 Å². The van der Waals surface area contributed by atoms with Crippen LogP contribution in [0.15, 0.2) is 52.3 Å². The third-order valence-corrected chi connectivity index (χ3v) is 3.95. The molecule has 20 heavy (non-hydrogen) atoms. The van der Waals surface area contributed by atoms with E-state index in [2.05, 4.69) is 4.74 Å². The second-order valence-electron chi connectivity index (χ2n) is 3.91. The van der Waals surface area contributed by atoms with E-state index in [1.807, 2.05) is 30.3 Å². The zero-order valence-electron chi connectivity index (χ0n) is 11.1. The highest BCUT2D eigenvalue weighted by atomic mass is 35.5. The van der Waals surface area contributed by atoms with Crippen molar-refractivity contribution < 1.29 is 14.3 Å². The molecule has 0 heterocycles. The van der Waals surface area contributed by atoms with Crippen LogP contribution in [0.3, 0.4) is 0 Å². The normalized spacial score (nSPS) is 10.2. The number of benzene rings is 2. The summed E-state index contributed by atoms with van der Waals surface area (Å²) in [7, 11) is 2.96. The lowest BCUT2D eigenvalue weighted by Gasteiger charge is -2.06. The van der Waals surface area contributed by atoms with Crippen molar-refractivity contribution in [3.63, 3.8) is 0 Å². The van der Waals surface area contributed by atoms with Gasteiger partial charge in [-0.15, -0.1) is 0 Å². The Labute approximate surface area is 126 Å². The van der Waals surface area contributed by atoms with Crippen LogP contribution < -0.4 is 4.74 Å². The lowest BCUT2D eigenvalue weighted by atomic mass is 10.2. The Kier molecular flexibility index (Phi) is 4.93. The minimum absolute atomic E-state index is 0.369. The van der Waals surface area contributed by atoms with Gasteiger partial charge in [0, 0.05) is 9.79 Å². The molecule has 0 aliphatic heterocycles. The first-order valence-corrected chi connectivity index (χ1v) is 7.03. The Morgan fingerprint density at radius 3 is 2.25 bits per heavy atom. The fourth-order valence-electron chi connectivity index (χ4n) is 1.61. The molecule has 0 N–H and O–H groups in total. The highest BCUT2D eigenvalue weighted by Crippen LogP contribution is 2.31. The molecule has 0 unspecified atom stereocenters. The largest absolute Gasteiger partial charge is 0.497 e. The summed E-state index contributed by atoms with van der Waals surface area (Å²) in [5, 5.41) is 0.385. The van der Waals surface area contributed by atoms with Crippen LogP contribution in [-0.4, -0.2) is 20.2 Å². The third kappa shape index (κ3) is 3.46. The topological polar surface area (TPSA) is 35.5 Å². The van der Waals surface area contributed by atoms with Crippen LogP contribution >= 0.6 is 23.4 Å². The van der Waals surface area contributed by atoms with E-state index in [1.54, 1.807) is 31.0 Å². The van der Waals surface area contributed by atoms with Crippen molar-refractivity contribution in [2.75, 3.05) is 14.2 Å². The monoisotopic (exact) mass is 308 g/mol. The molecule has 0 aliphatic carbocycles. The maximum atomic E-state index is 11.4. The van der Waals surface area contributed by atoms with Gasteiger partial charge < -0.3 is 9.47 Å². The molecule has 2 aromatic rings. The second kappa shape index (κ2) is 6.68. The van der Waals surface area contributed by atoms with E-state index >= 15 is 0 Å². The minimum atomic E-state index is -0.434. The third-order valence-electron chi connectivity index (χ3n) is 2.64. The van der Waals surface area contributed by atoms with Crippen LogP contribution in [0.25, 0.3) is 0 Å². The zero-order chi connectivity index (χ0) is 14.5. The van der Waals surface area contributed by atoms with Crippen LogP contribution in [0.4, 0.5) is 0 Å². The van der Waals surface area contributed by atoms with Crippen LogP contribution in [0.5, 0.6) is 5.75 Å². The maximum absolute atomic E-state index is 11.4. The standard InChI is InChI=1S/C15H13ClO3S/c1-18-10-3-5-11(6-4-10)20-12-7-8-13(14(16)9-12)15(17)19-2/h3-9H,1-2H3. The summed E-state index contributed by atoms with van der Waals surface area (Å²) in [5.41, 5.74) is 0.369. The molecule has 0 amide bonds. The number of hydrogen-bond donors (Lipinski definition) is 0. The van der Waals surface area contributed by atoms with E-state index < -0.39 is 5.97 Å². The maximum Gasteiger partial charge on any atom is 0.339 e. The number of ether oxygens (including phenoxy) is 2. The van der Waals surface area contributed by atoms with Gasteiger partial charge in [-0.3, -0.25) is 0 Å². The van der Waals surface area contributed by atoms with Gasteiger partial charge in [-0.05, 0) is 42.5 Å². The van der Waals surface area contributed by atoms with Gasteiger partial charge in [0.2, 0.25) is 0 Å². The van der Waals surface area contributed by atoms with Crippen LogP contribution in [0, 0.1) is 0 Å². The van der Waals surface area contributed by atoms with E-state index in [9.17, 15) is 4.79 Å². The van der Waals surface area contributed by atoms with Gasteiger partial charge in [-0.2, -0.15) is 0 Å². The number of carbonyl (C=O) groups is 1. The first-order chi connectivity index (χ1) is 9.63. The lowest BCUT2D eigenvalue weighted by molar-refractivity contribution is 0.0601. The number of methoxy groups -OCH3 is 2. The smallest absolute Gasteiger partial charge is 0.339 e. The number of carbonyl (C=O) groups excluding carboxylic acids is 1. The fourth-order valence-corrected chi connectivity index (χ4v) is 2.79. The summed E-state index contributed by atoms with van der Waals surface area (Å²) in [6.07, 6.45) is 0. The van der Waals surface area contributed by atoms with Crippen molar-refractivity contribution in [1.82, 2.24) is 0 Å². The summed E-state index contributed by atoms with van der Waals surface area (Å²) >= 11 is 7.64. The van der Waals surface area contributed by atoms with E-state index in [1.165, 1.54) is 7.11 Å². The number of esters is 1. The molecule has 0 saturated carbocycles. The molecular formula is C15H13ClO3S. The molecule has 2 rings (SSSR count). The Balaban J connectivity index is 2.17. The second-order valence-corrected chi connectivity index (χ2v) is 5.46. The first kappa shape index (κ1) is 14.8. The first-order valence-electron chi connectivity index (χ1n) is 5.84. The summed E-state index contributed by atoms with van der Waals surface area (Å²) in [4.78, 5) is 13.5. The molecule has 0 bridgehead atoms. The van der Waals surface area contributed by atoms with Crippen molar-refractivity contribution in [3.8, 4) is 5.75 Å². The Bertz CT molecular complexity index is 611. The Morgan fingerprint density at radius 1 is 1.05 bits per heavy atom. The van der Waals surface area contributed by atoms with Gasteiger partial charge in [-0.1, -0.05) is 23.4 Å². The quantitative estimate of drug-likeness (QED) is 0.790. The summed E-state index contributed by atoms with van der Waals surface area (Å²) in [6.45, 7) is 0. The van der Waals surface area contributed by atoms with Crippen LogP contribution in [0.1, 0.15) is 10.4 Å². The molecule has 0 spiro atoms. The molecule has 0 saturated heterocycles. The minimum Gasteiger partial charge on any atom is -0.497 e. The zero-order valence-corrected chi connectivity index (χ0v) is 12.6. The molecule has 0 fully saturated rings. The van der Waals surface area contributed by atoms with Crippen LogP contribution in [0.2, 0.25) is 5.02 Å². The van der Waals surface area contributed by atoms with Gasteiger partial charge in [0.1, 0.15) is 5.75 Å². The van der Waals surface area contributed by atoms with Crippen molar-refractivity contribution >= 4 is 29.3 Å². The Morgan fingerprint density at radius 2 is 1.70 bits per heavy atom. The Hall–Kier alpha value is -1.65. The molecule has 5 heteroatoms. The van der Waals surface area contributed by atoms with Crippen molar-refractivity contribution in [2.24, 2.45) is 0 Å². The molecule has 0 radical (unpaired) electrons. The number of halogens is 1. The molecular weight excluding hydrogens is 296 g/mol. The van der Waals surface area contributed by atoms with Crippen molar-refractivity contribution in [3.05, 3.63) is 53.1 Å². The van der Waals surface area contributed by atoms with Crippen LogP contribution in [-0.2, 0) is 4.74 Å². The van der Waals surface area contributed by atoms with E-state index in [0.717, 1.165) is 15.5 Å². The summed E-state index contributed by atoms with van der Waals surface area (Å²) in [5.74, 6) is 0.379. The molecule has 3 nitrogen and oxygen atoms in total. The average molecular weight is 309 g/mol. The van der Waals surface area contributed by atoms with Gasteiger partial charge in [-0.25, -0.2) is 4.79 Å². The highest BCUT2D eigenvalue weighted by molar-refractivity contribution is 7.99. The van der Waals surface area contributed by atoms with Gasteiger partial charge in [0.05, 0.1) is 24.8 Å².